The second-order valence-electron chi connectivity index (χ2n) is 6.64. The highest BCUT2D eigenvalue weighted by molar-refractivity contribution is 5.80. The van der Waals surface area contributed by atoms with Gasteiger partial charge in [-0.1, -0.05) is 32.1 Å². The van der Waals surface area contributed by atoms with Crippen LogP contribution in [0.2, 0.25) is 0 Å². The van der Waals surface area contributed by atoms with Crippen LogP contribution in [0.4, 0.5) is 0 Å². The number of ether oxygens (including phenoxy) is 2. The predicted molar refractivity (Wildman–Crippen MR) is 128 cm³/mol. The molecule has 0 amide bonds. The number of likely N-dealkylation sites (N-methyl/N-ethyl adjacent to an activating group) is 1. The van der Waals surface area contributed by atoms with Crippen LogP contribution in [0.15, 0.2) is 49.2 Å². The highest BCUT2D eigenvalue weighted by Crippen LogP contribution is 2.27. The minimum Gasteiger partial charge on any atom is -0.492 e. The molecule has 0 aliphatic heterocycles. The fraction of sp³-hybridized carbons (Fsp3) is 0.480. The maximum absolute atomic E-state index is 11.0. The van der Waals surface area contributed by atoms with Crippen molar-refractivity contribution in [3.63, 3.8) is 0 Å². The van der Waals surface area contributed by atoms with Gasteiger partial charge in [-0.25, -0.2) is 0 Å². The summed E-state index contributed by atoms with van der Waals surface area (Å²) in [6.07, 6.45) is 9.63. The van der Waals surface area contributed by atoms with Gasteiger partial charge in [0.05, 0.1) is 6.61 Å². The van der Waals surface area contributed by atoms with Gasteiger partial charge in [0, 0.05) is 37.9 Å². The van der Waals surface area contributed by atoms with E-state index in [1.807, 2.05) is 37.4 Å². The minimum absolute atomic E-state index is 0.615. The Morgan fingerprint density at radius 1 is 1.23 bits per heavy atom. The van der Waals surface area contributed by atoms with Gasteiger partial charge < -0.3 is 14.8 Å². The molecule has 168 valence electrons. The van der Waals surface area contributed by atoms with Gasteiger partial charge in [0.2, 0.25) is 0 Å². The molecule has 0 aromatic heterocycles. The zero-order valence-corrected chi connectivity index (χ0v) is 19.4. The molecule has 0 aliphatic carbocycles. The Bertz CT molecular complexity index is 654. The maximum atomic E-state index is 11.0. The van der Waals surface area contributed by atoms with Gasteiger partial charge in [0.25, 0.3) is 0 Å². The quantitative estimate of drug-likeness (QED) is 0.264. The van der Waals surface area contributed by atoms with Crippen LogP contribution >= 0.6 is 0 Å². The lowest BCUT2D eigenvalue weighted by Crippen LogP contribution is -2.31. The zero-order chi connectivity index (χ0) is 22.6. The number of hydrogen-bond acceptors (Lipinski definition) is 5. The number of hydrogen-bond donors (Lipinski definition) is 1. The first-order valence-corrected chi connectivity index (χ1v) is 10.6. The first-order valence-electron chi connectivity index (χ1n) is 10.6. The molecule has 1 N–H and O–H groups in total. The highest BCUT2D eigenvalue weighted by Gasteiger charge is 2.08. The molecular weight excluding hydrogens is 376 g/mol. The lowest BCUT2D eigenvalue weighted by Gasteiger charge is -2.20. The first kappa shape index (κ1) is 27.6. The van der Waals surface area contributed by atoms with Crippen LogP contribution < -0.4 is 10.1 Å². The maximum Gasteiger partial charge on any atom is 0.150 e. The van der Waals surface area contributed by atoms with Crippen molar-refractivity contribution in [1.29, 1.82) is 0 Å². The molecule has 1 aromatic rings. The Hall–Kier alpha value is -2.37. The van der Waals surface area contributed by atoms with Crippen molar-refractivity contribution in [3.05, 3.63) is 60.3 Å². The number of rotatable bonds is 14. The molecule has 0 heterocycles. The Balaban J connectivity index is 0.00000103. The lowest BCUT2D eigenvalue weighted by atomic mass is 10.0. The normalized spacial score (nSPS) is 11.2. The SMILES string of the molecule is C=CCN/C=C\C.CC/C=C(\C)c1cc(C=O)ccc1OCCN(CC)CCOC. The second-order valence-corrected chi connectivity index (χ2v) is 6.64. The van der Waals surface area contributed by atoms with Crippen LogP contribution in [-0.2, 0) is 4.74 Å². The number of nitrogens with one attached hydrogen (secondary N) is 1. The van der Waals surface area contributed by atoms with Crippen molar-refractivity contribution in [3.8, 4) is 5.75 Å². The average Bonchev–Trinajstić information content (AvgIpc) is 2.77. The van der Waals surface area contributed by atoms with Crippen molar-refractivity contribution in [1.82, 2.24) is 10.2 Å². The van der Waals surface area contributed by atoms with E-state index in [0.29, 0.717) is 12.2 Å². The molecule has 0 saturated heterocycles. The Morgan fingerprint density at radius 3 is 2.53 bits per heavy atom. The Labute approximate surface area is 183 Å². The summed E-state index contributed by atoms with van der Waals surface area (Å²) in [6, 6.07) is 5.58. The largest absolute Gasteiger partial charge is 0.492 e. The molecule has 0 fully saturated rings. The lowest BCUT2D eigenvalue weighted by molar-refractivity contribution is 0.112. The molecule has 5 nitrogen and oxygen atoms in total. The molecule has 0 aliphatic rings. The number of nitrogens with zero attached hydrogens (tertiary/aromatic N) is 1. The van der Waals surface area contributed by atoms with Gasteiger partial charge in [-0.3, -0.25) is 9.69 Å². The summed E-state index contributed by atoms with van der Waals surface area (Å²) < 4.78 is 11.1. The number of methoxy groups -OCH3 is 1. The third-order valence-corrected chi connectivity index (χ3v) is 4.35. The van der Waals surface area contributed by atoms with E-state index in [1.54, 1.807) is 13.2 Å². The van der Waals surface area contributed by atoms with Gasteiger partial charge in [0.15, 0.2) is 0 Å². The summed E-state index contributed by atoms with van der Waals surface area (Å²) in [4.78, 5) is 13.3. The third kappa shape index (κ3) is 12.2. The molecule has 0 bridgehead atoms. The Morgan fingerprint density at radius 2 is 1.97 bits per heavy atom. The second kappa shape index (κ2) is 18.6. The summed E-state index contributed by atoms with van der Waals surface area (Å²) in [5.74, 6) is 0.834. The van der Waals surface area contributed by atoms with Crippen LogP contribution in [0, 0.1) is 0 Å². The van der Waals surface area contributed by atoms with E-state index in [2.05, 4.69) is 43.6 Å². The van der Waals surface area contributed by atoms with E-state index in [4.69, 9.17) is 9.47 Å². The summed E-state index contributed by atoms with van der Waals surface area (Å²) in [6.45, 7) is 16.7. The molecule has 0 radical (unpaired) electrons. The average molecular weight is 417 g/mol. The molecule has 5 heteroatoms. The van der Waals surface area contributed by atoms with Crippen LogP contribution in [0.25, 0.3) is 5.57 Å². The van der Waals surface area contributed by atoms with E-state index < -0.39 is 0 Å². The fourth-order valence-electron chi connectivity index (χ4n) is 2.67. The van der Waals surface area contributed by atoms with E-state index in [0.717, 1.165) is 62.4 Å². The van der Waals surface area contributed by atoms with Gasteiger partial charge in [-0.05, 0) is 56.8 Å². The summed E-state index contributed by atoms with van der Waals surface area (Å²) in [7, 11) is 1.72. The van der Waals surface area contributed by atoms with Crippen LogP contribution in [0.5, 0.6) is 5.75 Å². The molecule has 1 aromatic carbocycles. The summed E-state index contributed by atoms with van der Waals surface area (Å²) in [5, 5.41) is 2.99. The smallest absolute Gasteiger partial charge is 0.150 e. The standard InChI is InChI=1S/C19H29NO3.C6H11N/c1-5-7-16(3)18-14-17(15-21)8-9-19(18)23-13-11-20(6-2)10-12-22-4;1-3-5-7-6-4-2/h7-9,14-15H,5-6,10-13H2,1-4H3;3-4,6-7H,1,5H2,2H3/b16-7+;6-4-. The summed E-state index contributed by atoms with van der Waals surface area (Å²) in [5.41, 5.74) is 2.81. The van der Waals surface area contributed by atoms with E-state index in [1.165, 1.54) is 0 Å². The van der Waals surface area contributed by atoms with Crippen LogP contribution in [0.3, 0.4) is 0 Å². The van der Waals surface area contributed by atoms with Crippen molar-refractivity contribution in [2.24, 2.45) is 0 Å². The van der Waals surface area contributed by atoms with Crippen molar-refractivity contribution in [2.75, 3.05) is 46.5 Å². The van der Waals surface area contributed by atoms with Crippen molar-refractivity contribution in [2.45, 2.75) is 34.1 Å². The van der Waals surface area contributed by atoms with Crippen molar-refractivity contribution >= 4 is 11.9 Å². The molecule has 0 atom stereocenters. The number of allylic oxidation sites excluding steroid dienone is 3. The zero-order valence-electron chi connectivity index (χ0n) is 19.4. The highest BCUT2D eigenvalue weighted by atomic mass is 16.5. The van der Waals surface area contributed by atoms with Crippen LogP contribution in [0.1, 0.15) is 50.0 Å². The van der Waals surface area contributed by atoms with Gasteiger partial charge in [-0.2, -0.15) is 0 Å². The third-order valence-electron chi connectivity index (χ3n) is 4.35. The van der Waals surface area contributed by atoms with Crippen molar-refractivity contribution < 1.29 is 14.3 Å². The number of aldehydes is 1. The van der Waals surface area contributed by atoms with E-state index >= 15 is 0 Å². The fourth-order valence-corrected chi connectivity index (χ4v) is 2.67. The predicted octanol–water partition coefficient (Wildman–Crippen LogP) is 4.96. The monoisotopic (exact) mass is 416 g/mol. The minimum atomic E-state index is 0.615. The number of carbonyl (C=O) groups is 1. The van der Waals surface area contributed by atoms with Gasteiger partial charge in [0.1, 0.15) is 18.6 Å². The van der Waals surface area contributed by atoms with Crippen LogP contribution in [-0.4, -0.2) is 57.7 Å². The molecule has 0 spiro atoms. The molecule has 1 rings (SSSR count). The van der Waals surface area contributed by atoms with E-state index in [-0.39, 0.29) is 0 Å². The molecule has 0 unspecified atom stereocenters. The molecule has 0 saturated carbocycles. The van der Waals surface area contributed by atoms with Gasteiger partial charge >= 0.3 is 0 Å². The Kier molecular flexibility index (Phi) is 17.2. The van der Waals surface area contributed by atoms with E-state index in [9.17, 15) is 4.79 Å². The summed E-state index contributed by atoms with van der Waals surface area (Å²) >= 11 is 0. The topological polar surface area (TPSA) is 50.8 Å². The molecular formula is C25H40N2O3. The number of carbonyl (C=O) groups excluding carboxylic acids is 1. The molecule has 30 heavy (non-hydrogen) atoms. The van der Waals surface area contributed by atoms with Gasteiger partial charge in [-0.15, -0.1) is 6.58 Å². The number of benzene rings is 1. The first-order chi connectivity index (χ1) is 14.6.